The summed E-state index contributed by atoms with van der Waals surface area (Å²) in [6, 6.07) is 7.46. The van der Waals surface area contributed by atoms with E-state index in [0.717, 1.165) is 87.1 Å². The van der Waals surface area contributed by atoms with E-state index in [1.807, 2.05) is 13.2 Å². The molecule has 4 aliphatic rings. The summed E-state index contributed by atoms with van der Waals surface area (Å²) >= 11 is 0. The number of hydrogen-bond acceptors (Lipinski definition) is 6. The highest BCUT2D eigenvalue weighted by Gasteiger charge is 2.32. The molecule has 6 rings (SSSR count). The second-order valence-corrected chi connectivity index (χ2v) is 10.2. The number of anilines is 1. The van der Waals surface area contributed by atoms with Crippen LogP contribution in [0.3, 0.4) is 0 Å². The molecule has 0 aromatic carbocycles. The SMILES string of the molecule is CNC1CC(n2cc(C#N)c3ccc(N4CCN(C5=CC=C6C(=O)CCCC6C5)CC4)nc32)C1. The van der Waals surface area contributed by atoms with Crippen LogP contribution in [-0.4, -0.2) is 59.5 Å². The summed E-state index contributed by atoms with van der Waals surface area (Å²) in [6.07, 6.45) is 12.3. The van der Waals surface area contributed by atoms with Gasteiger partial charge in [-0.1, -0.05) is 6.08 Å². The maximum atomic E-state index is 12.2. The average Bonchev–Trinajstić information content (AvgIpc) is 3.21. The number of hydrogen-bond donors (Lipinski definition) is 1. The number of carbonyl (C=O) groups is 1. The molecule has 1 unspecified atom stereocenters. The van der Waals surface area contributed by atoms with E-state index in [4.69, 9.17) is 4.98 Å². The van der Waals surface area contributed by atoms with Crippen LogP contribution in [0.15, 0.2) is 41.8 Å². The first-order chi connectivity index (χ1) is 16.6. The number of allylic oxidation sites excluding steroid dienone is 4. The molecule has 1 saturated heterocycles. The number of nitrogens with zero attached hydrogens (tertiary/aromatic N) is 5. The lowest BCUT2D eigenvalue weighted by atomic mass is 9.78. The van der Waals surface area contributed by atoms with Crippen molar-refractivity contribution in [1.82, 2.24) is 19.8 Å². The highest BCUT2D eigenvalue weighted by Crippen LogP contribution is 2.38. The molecule has 34 heavy (non-hydrogen) atoms. The molecule has 0 radical (unpaired) electrons. The van der Waals surface area contributed by atoms with Crippen LogP contribution in [0, 0.1) is 17.2 Å². The van der Waals surface area contributed by atoms with Crippen LogP contribution >= 0.6 is 0 Å². The molecule has 0 bridgehead atoms. The van der Waals surface area contributed by atoms with Crippen molar-refractivity contribution in [1.29, 1.82) is 5.26 Å². The van der Waals surface area contributed by atoms with Gasteiger partial charge in [0.05, 0.1) is 5.56 Å². The summed E-state index contributed by atoms with van der Waals surface area (Å²) in [6.45, 7) is 3.78. The Kier molecular flexibility index (Phi) is 5.41. The molecule has 1 atom stereocenters. The number of fused-ring (bicyclic) bond motifs is 2. The second-order valence-electron chi connectivity index (χ2n) is 10.2. The molecule has 7 heteroatoms. The molecule has 0 amide bonds. The molecule has 1 N–H and O–H groups in total. The summed E-state index contributed by atoms with van der Waals surface area (Å²) in [4.78, 5) is 22.1. The minimum atomic E-state index is 0.352. The third kappa shape index (κ3) is 3.61. The summed E-state index contributed by atoms with van der Waals surface area (Å²) in [5.74, 6) is 1.77. The van der Waals surface area contributed by atoms with Crippen LogP contribution in [0.4, 0.5) is 5.82 Å². The zero-order valence-electron chi connectivity index (χ0n) is 19.8. The van der Waals surface area contributed by atoms with E-state index in [2.05, 4.69) is 50.0 Å². The van der Waals surface area contributed by atoms with Gasteiger partial charge in [-0.15, -0.1) is 0 Å². The van der Waals surface area contributed by atoms with Gasteiger partial charge in [0.25, 0.3) is 0 Å². The Morgan fingerprint density at radius 1 is 1.12 bits per heavy atom. The summed E-state index contributed by atoms with van der Waals surface area (Å²) in [5.41, 5.74) is 4.08. The molecular formula is C27H32N6O. The zero-order valence-corrected chi connectivity index (χ0v) is 19.8. The van der Waals surface area contributed by atoms with Crippen molar-refractivity contribution in [2.75, 3.05) is 38.1 Å². The summed E-state index contributed by atoms with van der Waals surface area (Å²) in [5, 5.41) is 13.9. The first-order valence-corrected chi connectivity index (χ1v) is 12.7. The minimum absolute atomic E-state index is 0.352. The van der Waals surface area contributed by atoms with E-state index >= 15 is 0 Å². The molecule has 3 aliphatic carbocycles. The standard InChI is InChI=1S/C27H32N6O/c1-29-20-14-22(15-20)33-17-19(16-28)24-7-8-26(30-27(24)33)32-11-9-31(10-12-32)21-5-6-23-18(13-21)3-2-4-25(23)34/h5-8,17-18,20,22,29H,2-4,9-15H2,1H3. The maximum absolute atomic E-state index is 12.2. The highest BCUT2D eigenvalue weighted by molar-refractivity contribution is 5.97. The predicted molar refractivity (Wildman–Crippen MR) is 132 cm³/mol. The van der Waals surface area contributed by atoms with E-state index in [-0.39, 0.29) is 0 Å². The van der Waals surface area contributed by atoms with Crippen LogP contribution in [-0.2, 0) is 4.79 Å². The molecule has 2 aromatic heterocycles. The molecule has 3 heterocycles. The topological polar surface area (TPSA) is 77.2 Å². The van der Waals surface area contributed by atoms with Gasteiger partial charge in [0, 0.05) is 62.0 Å². The van der Waals surface area contributed by atoms with Crippen molar-refractivity contribution in [3.05, 3.63) is 47.3 Å². The van der Waals surface area contributed by atoms with Crippen LogP contribution in [0.2, 0.25) is 0 Å². The smallest absolute Gasteiger partial charge is 0.159 e. The Labute approximate surface area is 200 Å². The van der Waals surface area contributed by atoms with E-state index in [0.29, 0.717) is 29.3 Å². The number of pyridine rings is 1. The lowest BCUT2D eigenvalue weighted by Gasteiger charge is -2.40. The molecule has 2 aromatic rings. The van der Waals surface area contributed by atoms with Gasteiger partial charge in [0.1, 0.15) is 17.5 Å². The van der Waals surface area contributed by atoms with E-state index < -0.39 is 0 Å². The van der Waals surface area contributed by atoms with Crippen LogP contribution < -0.4 is 10.2 Å². The minimum Gasteiger partial charge on any atom is -0.371 e. The molecule has 3 fully saturated rings. The van der Waals surface area contributed by atoms with Gasteiger partial charge in [0.2, 0.25) is 0 Å². The largest absolute Gasteiger partial charge is 0.371 e. The first kappa shape index (κ1) is 21.4. The first-order valence-electron chi connectivity index (χ1n) is 12.7. The zero-order chi connectivity index (χ0) is 23.2. The Morgan fingerprint density at radius 3 is 2.68 bits per heavy atom. The highest BCUT2D eigenvalue weighted by atomic mass is 16.1. The average molecular weight is 457 g/mol. The summed E-state index contributed by atoms with van der Waals surface area (Å²) < 4.78 is 2.23. The lowest BCUT2D eigenvalue weighted by molar-refractivity contribution is -0.117. The third-order valence-electron chi connectivity index (χ3n) is 8.34. The van der Waals surface area contributed by atoms with Gasteiger partial charge in [0.15, 0.2) is 5.78 Å². The van der Waals surface area contributed by atoms with Crippen molar-refractivity contribution in [2.45, 2.75) is 50.6 Å². The van der Waals surface area contributed by atoms with Crippen molar-refractivity contribution in [2.24, 2.45) is 5.92 Å². The Morgan fingerprint density at radius 2 is 1.91 bits per heavy atom. The second kappa shape index (κ2) is 8.59. The number of carbonyl (C=O) groups excluding carboxylic acids is 1. The molecular weight excluding hydrogens is 424 g/mol. The molecule has 176 valence electrons. The van der Waals surface area contributed by atoms with Crippen LogP contribution in [0.5, 0.6) is 0 Å². The van der Waals surface area contributed by atoms with E-state index in [1.54, 1.807) is 0 Å². The fourth-order valence-electron chi connectivity index (χ4n) is 6.15. The number of nitriles is 1. The normalized spacial score (nSPS) is 27.1. The fourth-order valence-corrected chi connectivity index (χ4v) is 6.15. The molecule has 2 saturated carbocycles. The van der Waals surface area contributed by atoms with Crippen molar-refractivity contribution >= 4 is 22.6 Å². The van der Waals surface area contributed by atoms with Crippen molar-refractivity contribution in [3.63, 3.8) is 0 Å². The number of nitrogens with one attached hydrogen (secondary N) is 1. The Hall–Kier alpha value is -3.11. The van der Waals surface area contributed by atoms with Gasteiger partial charge in [-0.3, -0.25) is 4.79 Å². The van der Waals surface area contributed by atoms with Gasteiger partial charge in [-0.05, 0) is 68.9 Å². The van der Waals surface area contributed by atoms with Gasteiger partial charge < -0.3 is 19.7 Å². The fraction of sp³-hybridized carbons (Fsp3) is 0.519. The van der Waals surface area contributed by atoms with Crippen molar-refractivity contribution < 1.29 is 4.79 Å². The quantitative estimate of drug-likeness (QED) is 0.758. The third-order valence-corrected chi connectivity index (χ3v) is 8.34. The van der Waals surface area contributed by atoms with Gasteiger partial charge >= 0.3 is 0 Å². The van der Waals surface area contributed by atoms with E-state index in [9.17, 15) is 10.1 Å². The van der Waals surface area contributed by atoms with E-state index in [1.165, 1.54) is 5.70 Å². The Balaban J connectivity index is 1.18. The number of Topliss-reactive ketones (excluding diaryl/α,β-unsaturated/α-hetero) is 1. The molecule has 0 spiro atoms. The number of ketones is 1. The van der Waals surface area contributed by atoms with Gasteiger partial charge in [-0.25, -0.2) is 4.98 Å². The van der Waals surface area contributed by atoms with Crippen LogP contribution in [0.25, 0.3) is 11.0 Å². The number of rotatable bonds is 4. The lowest BCUT2D eigenvalue weighted by Crippen LogP contribution is -2.46. The molecule has 7 nitrogen and oxygen atoms in total. The molecule has 1 aliphatic heterocycles. The van der Waals surface area contributed by atoms with Crippen molar-refractivity contribution in [3.8, 4) is 6.07 Å². The Bertz CT molecular complexity index is 1220. The van der Waals surface area contributed by atoms with Crippen LogP contribution in [0.1, 0.15) is 50.1 Å². The maximum Gasteiger partial charge on any atom is 0.159 e. The summed E-state index contributed by atoms with van der Waals surface area (Å²) in [7, 11) is 2.01. The predicted octanol–water partition coefficient (Wildman–Crippen LogP) is 3.54. The number of aromatic nitrogens is 2. The van der Waals surface area contributed by atoms with Gasteiger partial charge in [-0.2, -0.15) is 5.26 Å². The number of piperazine rings is 1. The monoisotopic (exact) mass is 456 g/mol.